The first-order valence-corrected chi connectivity index (χ1v) is 25.7. The van der Waals surface area contributed by atoms with E-state index in [0.717, 1.165) is 38.5 Å². The fraction of sp³-hybridized carbons (Fsp3) is 0.840. The van der Waals surface area contributed by atoms with Crippen LogP contribution in [0.5, 0.6) is 0 Å². The summed E-state index contributed by atoms with van der Waals surface area (Å²) in [5, 5.41) is 2.68. The molecule has 0 bridgehead atoms. The largest absolute Gasteiger partial charge is 0.462 e. The molecule has 1 aliphatic rings. The zero-order valence-corrected chi connectivity index (χ0v) is 39.7. The Morgan fingerprint density at radius 2 is 1.14 bits per heavy atom. The summed E-state index contributed by atoms with van der Waals surface area (Å²) < 4.78 is 24.5. The van der Waals surface area contributed by atoms with Crippen LogP contribution in [0.25, 0.3) is 11.2 Å². The summed E-state index contributed by atoms with van der Waals surface area (Å²) in [6.45, 7) is 4.36. The minimum atomic E-state index is -0.830. The zero-order chi connectivity index (χ0) is 45.0. The summed E-state index contributed by atoms with van der Waals surface area (Å²) in [7, 11) is 0. The van der Waals surface area contributed by atoms with Gasteiger partial charge < -0.3 is 29.2 Å². The van der Waals surface area contributed by atoms with Gasteiger partial charge in [0.05, 0.1) is 25.3 Å². The van der Waals surface area contributed by atoms with E-state index in [2.05, 4.69) is 34.1 Å². The van der Waals surface area contributed by atoms with E-state index < -0.39 is 18.4 Å². The number of nitrogens with one attached hydrogen (secondary N) is 2. The number of hydrogen-bond donors (Lipinski definition) is 2. The fourth-order valence-corrected chi connectivity index (χ4v) is 8.42. The van der Waals surface area contributed by atoms with E-state index in [-0.39, 0.29) is 55.3 Å². The minimum Gasteiger partial charge on any atom is -0.462 e. The Kier molecular flexibility index (Phi) is 30.6. The molecular weight excluding hydrogens is 799 g/mol. The standard InChI is InChI=1S/C50H87N5O8/c1-3-5-7-9-11-13-15-17-19-21-23-25-27-29-31-33-45(56)60-39-43(63-46(57)34-32-30-28-26-24-22-20-18-16-14-12-10-8-6-4-2)37-51-50(59)61-38-42-35-36-44(62-42)55-41-54-47-48(55)52-40-53-49(47)58/h40-44H,3-39H2,1-2H3,(H,51,59)(H,52,53,58)/t42-,43?,44+/m0/s1. The van der Waals surface area contributed by atoms with Crippen LogP contribution in [0.4, 0.5) is 4.79 Å². The van der Waals surface area contributed by atoms with Crippen molar-refractivity contribution in [2.45, 2.75) is 251 Å². The molecular formula is C50H87N5O8. The van der Waals surface area contributed by atoms with Gasteiger partial charge in [-0.15, -0.1) is 0 Å². The maximum atomic E-state index is 12.9. The number of ether oxygens (including phenoxy) is 4. The normalized spacial score (nSPS) is 15.5. The van der Waals surface area contributed by atoms with Gasteiger partial charge in [0.1, 0.15) is 19.4 Å². The van der Waals surface area contributed by atoms with Crippen molar-refractivity contribution >= 4 is 29.2 Å². The highest BCUT2D eigenvalue weighted by molar-refractivity contribution is 5.71. The second-order valence-electron chi connectivity index (χ2n) is 18.0. The van der Waals surface area contributed by atoms with Gasteiger partial charge in [-0.1, -0.05) is 194 Å². The van der Waals surface area contributed by atoms with Crippen molar-refractivity contribution in [2.75, 3.05) is 19.8 Å². The number of fused-ring (bicyclic) bond motifs is 1. The topological polar surface area (TPSA) is 164 Å². The third kappa shape index (κ3) is 25.6. The molecule has 3 heterocycles. The molecule has 13 nitrogen and oxygen atoms in total. The molecule has 2 aromatic heterocycles. The lowest BCUT2D eigenvalue weighted by Gasteiger charge is -2.19. The van der Waals surface area contributed by atoms with Crippen LogP contribution < -0.4 is 10.9 Å². The zero-order valence-electron chi connectivity index (χ0n) is 39.7. The molecule has 3 rings (SSSR count). The van der Waals surface area contributed by atoms with E-state index in [1.165, 1.54) is 167 Å². The van der Waals surface area contributed by atoms with Crippen LogP contribution in [-0.4, -0.2) is 69.5 Å². The molecule has 2 aromatic rings. The van der Waals surface area contributed by atoms with Crippen molar-refractivity contribution in [1.29, 1.82) is 0 Å². The number of alkyl carbamates (subject to hydrolysis) is 1. The Hall–Kier alpha value is -3.48. The van der Waals surface area contributed by atoms with Crippen LogP contribution in [0.2, 0.25) is 0 Å². The predicted octanol–water partition coefficient (Wildman–Crippen LogP) is 12.5. The van der Waals surface area contributed by atoms with Gasteiger partial charge in [-0.25, -0.2) is 14.8 Å². The Morgan fingerprint density at radius 3 is 1.65 bits per heavy atom. The van der Waals surface area contributed by atoms with E-state index in [0.29, 0.717) is 24.9 Å². The van der Waals surface area contributed by atoms with Crippen molar-refractivity contribution in [3.63, 3.8) is 0 Å². The summed E-state index contributed by atoms with van der Waals surface area (Å²) in [4.78, 5) is 61.3. The molecule has 0 aliphatic carbocycles. The Balaban J connectivity index is 1.29. The van der Waals surface area contributed by atoms with Crippen molar-refractivity contribution in [3.8, 4) is 0 Å². The van der Waals surface area contributed by atoms with E-state index in [1.807, 2.05) is 0 Å². The highest BCUT2D eigenvalue weighted by atomic mass is 16.6. The van der Waals surface area contributed by atoms with E-state index in [1.54, 1.807) is 4.57 Å². The lowest BCUT2D eigenvalue weighted by molar-refractivity contribution is -0.159. The summed E-state index contributed by atoms with van der Waals surface area (Å²) >= 11 is 0. The number of aromatic amines is 1. The Labute approximate surface area is 379 Å². The number of amides is 1. The molecule has 63 heavy (non-hydrogen) atoms. The van der Waals surface area contributed by atoms with Gasteiger partial charge in [0, 0.05) is 12.8 Å². The lowest BCUT2D eigenvalue weighted by atomic mass is 10.0. The smallest absolute Gasteiger partial charge is 0.407 e. The number of rotatable bonds is 40. The molecule has 2 N–H and O–H groups in total. The maximum Gasteiger partial charge on any atom is 0.407 e. The predicted molar refractivity (Wildman–Crippen MR) is 251 cm³/mol. The number of hydrogen-bond acceptors (Lipinski definition) is 10. The van der Waals surface area contributed by atoms with Crippen LogP contribution in [0.15, 0.2) is 17.4 Å². The molecule has 1 unspecified atom stereocenters. The molecule has 3 atom stereocenters. The number of esters is 2. The minimum absolute atomic E-state index is 0.0147. The van der Waals surface area contributed by atoms with Crippen molar-refractivity contribution < 1.29 is 33.3 Å². The van der Waals surface area contributed by atoms with Gasteiger partial charge >= 0.3 is 18.0 Å². The first-order chi connectivity index (χ1) is 30.9. The molecule has 0 saturated carbocycles. The van der Waals surface area contributed by atoms with Gasteiger partial charge in [0.15, 0.2) is 17.3 Å². The number of carbonyl (C=O) groups is 3. The van der Waals surface area contributed by atoms with Crippen molar-refractivity contribution in [2.24, 2.45) is 0 Å². The van der Waals surface area contributed by atoms with Gasteiger partial charge in [0.25, 0.3) is 5.56 Å². The molecule has 1 saturated heterocycles. The van der Waals surface area contributed by atoms with Crippen LogP contribution in [-0.2, 0) is 28.5 Å². The highest BCUT2D eigenvalue weighted by Gasteiger charge is 2.29. The summed E-state index contributed by atoms with van der Waals surface area (Å²) in [5.41, 5.74) is 0.344. The molecule has 0 spiro atoms. The SMILES string of the molecule is CCCCCCCCCCCCCCCCCC(=O)OCC(CNC(=O)OC[C@@H]1CC[C@H](n2cnc3c(=O)[nH]cnc32)O1)OC(=O)CCCCCCCCCCCCCCCCC. The first kappa shape index (κ1) is 53.9. The van der Waals surface area contributed by atoms with Crippen molar-refractivity contribution in [1.82, 2.24) is 24.8 Å². The summed E-state index contributed by atoms with van der Waals surface area (Å²) in [6, 6.07) is 0. The number of H-pyrrole nitrogens is 1. The molecule has 1 fully saturated rings. The van der Waals surface area contributed by atoms with Crippen LogP contribution in [0.1, 0.15) is 238 Å². The Bertz CT molecular complexity index is 1530. The number of carbonyl (C=O) groups excluding carboxylic acids is 3. The molecule has 1 amide bonds. The number of unbranched alkanes of at least 4 members (excludes halogenated alkanes) is 28. The molecule has 0 radical (unpaired) electrons. The van der Waals surface area contributed by atoms with E-state index in [4.69, 9.17) is 18.9 Å². The summed E-state index contributed by atoms with van der Waals surface area (Å²) in [5.74, 6) is -0.689. The third-order valence-electron chi connectivity index (χ3n) is 12.3. The molecule has 360 valence electrons. The number of imidazole rings is 1. The molecule has 1 aliphatic heterocycles. The van der Waals surface area contributed by atoms with Gasteiger partial charge in [-0.05, 0) is 25.7 Å². The number of nitrogens with zero attached hydrogens (tertiary/aromatic N) is 3. The maximum absolute atomic E-state index is 12.9. The number of aromatic nitrogens is 4. The third-order valence-corrected chi connectivity index (χ3v) is 12.3. The summed E-state index contributed by atoms with van der Waals surface area (Å²) in [6.07, 6.45) is 40.0. The van der Waals surface area contributed by atoms with E-state index in [9.17, 15) is 19.2 Å². The van der Waals surface area contributed by atoms with Crippen LogP contribution >= 0.6 is 0 Å². The van der Waals surface area contributed by atoms with Crippen LogP contribution in [0.3, 0.4) is 0 Å². The average Bonchev–Trinajstić information content (AvgIpc) is 3.95. The van der Waals surface area contributed by atoms with E-state index >= 15 is 0 Å². The van der Waals surface area contributed by atoms with Gasteiger partial charge in [-0.2, -0.15) is 0 Å². The molecule has 13 heteroatoms. The monoisotopic (exact) mass is 886 g/mol. The molecule has 0 aromatic carbocycles. The van der Waals surface area contributed by atoms with Crippen molar-refractivity contribution in [3.05, 3.63) is 23.0 Å². The first-order valence-electron chi connectivity index (χ1n) is 25.7. The highest BCUT2D eigenvalue weighted by Crippen LogP contribution is 2.30. The average molecular weight is 886 g/mol. The van der Waals surface area contributed by atoms with Gasteiger partial charge in [0.2, 0.25) is 0 Å². The quantitative estimate of drug-likeness (QED) is 0.0374. The second-order valence-corrected chi connectivity index (χ2v) is 18.0. The van der Waals surface area contributed by atoms with Gasteiger partial charge in [-0.3, -0.25) is 19.0 Å². The van der Waals surface area contributed by atoms with Crippen LogP contribution in [0, 0.1) is 0 Å². The lowest BCUT2D eigenvalue weighted by Crippen LogP contribution is -2.39. The fourth-order valence-electron chi connectivity index (χ4n) is 8.42. The second kappa shape index (κ2) is 35.8. The Morgan fingerprint density at radius 1 is 0.667 bits per heavy atom.